The van der Waals surface area contributed by atoms with E-state index in [9.17, 15) is 19.5 Å². The molecule has 0 aliphatic rings. The third kappa shape index (κ3) is 6.31. The van der Waals surface area contributed by atoms with E-state index in [1.54, 1.807) is 6.92 Å². The molecule has 0 aromatic heterocycles. The summed E-state index contributed by atoms with van der Waals surface area (Å²) in [7, 11) is 0. The summed E-state index contributed by atoms with van der Waals surface area (Å²) in [6.45, 7) is 1.60. The molecule has 0 radical (unpaired) electrons. The zero-order chi connectivity index (χ0) is 19.8. The first-order valence-corrected chi connectivity index (χ1v) is 9.12. The summed E-state index contributed by atoms with van der Waals surface area (Å²) >= 11 is 6.02. The average Bonchev–Trinajstić information content (AvgIpc) is 2.67. The SMILES string of the molecule is CCC(=O)C(=O)N[C@H](Cc1ccc(-c2cccc(Cl)c2)cc1)CC(O)C=O. The predicted octanol–water partition coefficient (Wildman–Crippen LogP) is 2.96. The zero-order valence-electron chi connectivity index (χ0n) is 15.0. The van der Waals surface area contributed by atoms with Gasteiger partial charge in [-0.25, -0.2) is 0 Å². The van der Waals surface area contributed by atoms with E-state index in [1.807, 2.05) is 48.5 Å². The first-order valence-electron chi connectivity index (χ1n) is 8.74. The van der Waals surface area contributed by atoms with Gasteiger partial charge in [0.2, 0.25) is 5.78 Å². The Morgan fingerprint density at radius 2 is 1.85 bits per heavy atom. The number of rotatable bonds is 9. The maximum absolute atomic E-state index is 11.9. The first-order chi connectivity index (χ1) is 12.9. The summed E-state index contributed by atoms with van der Waals surface area (Å²) < 4.78 is 0. The van der Waals surface area contributed by atoms with Crippen LogP contribution in [0, 0.1) is 0 Å². The summed E-state index contributed by atoms with van der Waals surface area (Å²) in [5, 5.41) is 12.9. The largest absolute Gasteiger partial charge is 0.386 e. The summed E-state index contributed by atoms with van der Waals surface area (Å²) in [5.74, 6) is -1.23. The van der Waals surface area contributed by atoms with Crippen LogP contribution in [0.25, 0.3) is 11.1 Å². The van der Waals surface area contributed by atoms with Gasteiger partial charge in [-0.15, -0.1) is 0 Å². The highest BCUT2D eigenvalue weighted by Gasteiger charge is 2.20. The molecule has 0 spiro atoms. The van der Waals surface area contributed by atoms with E-state index in [2.05, 4.69) is 5.32 Å². The Bertz CT molecular complexity index is 804. The summed E-state index contributed by atoms with van der Waals surface area (Å²) in [5.41, 5.74) is 2.90. The standard InChI is InChI=1S/C21H22ClNO4/c1-2-20(26)21(27)23-18(12-19(25)13-24)10-14-6-8-15(9-7-14)16-4-3-5-17(22)11-16/h3-9,11,13,18-19,25H,2,10,12H2,1H3,(H,23,27)/t18-,19?/m1/s1. The van der Waals surface area contributed by atoms with Crippen LogP contribution in [-0.4, -0.2) is 35.2 Å². The summed E-state index contributed by atoms with van der Waals surface area (Å²) in [6, 6.07) is 14.7. The van der Waals surface area contributed by atoms with Gasteiger partial charge in [-0.2, -0.15) is 0 Å². The lowest BCUT2D eigenvalue weighted by molar-refractivity contribution is -0.138. The number of ketones is 1. The zero-order valence-corrected chi connectivity index (χ0v) is 15.8. The number of halogens is 1. The van der Waals surface area contributed by atoms with Crippen molar-refractivity contribution in [3.8, 4) is 11.1 Å². The minimum atomic E-state index is -1.20. The molecule has 2 rings (SSSR count). The normalized spacial score (nSPS) is 12.9. The highest BCUT2D eigenvalue weighted by atomic mass is 35.5. The van der Waals surface area contributed by atoms with E-state index in [0.29, 0.717) is 17.7 Å². The van der Waals surface area contributed by atoms with Crippen LogP contribution >= 0.6 is 11.6 Å². The molecule has 0 saturated heterocycles. The van der Waals surface area contributed by atoms with Gasteiger partial charge in [0, 0.05) is 23.9 Å². The van der Waals surface area contributed by atoms with Crippen LogP contribution in [0.1, 0.15) is 25.3 Å². The van der Waals surface area contributed by atoms with Gasteiger partial charge in [0.25, 0.3) is 5.91 Å². The number of Topliss-reactive ketones (excluding diaryl/α,β-unsaturated/α-hetero) is 1. The van der Waals surface area contributed by atoms with Crippen LogP contribution in [-0.2, 0) is 20.8 Å². The Hall–Kier alpha value is -2.50. The first kappa shape index (κ1) is 20.8. The van der Waals surface area contributed by atoms with Crippen LogP contribution in [0.2, 0.25) is 5.02 Å². The Balaban J connectivity index is 2.12. The molecule has 0 aliphatic carbocycles. The molecule has 6 heteroatoms. The number of nitrogens with one attached hydrogen (secondary N) is 1. The molecule has 2 atom stereocenters. The van der Waals surface area contributed by atoms with Gasteiger partial charge in [-0.3, -0.25) is 9.59 Å². The van der Waals surface area contributed by atoms with E-state index in [4.69, 9.17) is 11.6 Å². The molecule has 142 valence electrons. The molecule has 1 unspecified atom stereocenters. The number of benzene rings is 2. The Morgan fingerprint density at radius 1 is 1.15 bits per heavy atom. The maximum atomic E-state index is 11.9. The fraction of sp³-hybridized carbons (Fsp3) is 0.286. The minimum absolute atomic E-state index is 0.0439. The number of aldehydes is 1. The highest BCUT2D eigenvalue weighted by Crippen LogP contribution is 2.23. The Kier molecular flexibility index (Phi) is 7.70. The van der Waals surface area contributed by atoms with Crippen molar-refractivity contribution >= 4 is 29.6 Å². The van der Waals surface area contributed by atoms with Gasteiger partial charge in [0.1, 0.15) is 12.4 Å². The molecule has 27 heavy (non-hydrogen) atoms. The number of amides is 1. The van der Waals surface area contributed by atoms with Crippen molar-refractivity contribution in [2.45, 2.75) is 38.3 Å². The predicted molar refractivity (Wildman–Crippen MR) is 105 cm³/mol. The number of carbonyl (C=O) groups excluding carboxylic acids is 3. The third-order valence-electron chi connectivity index (χ3n) is 4.19. The summed E-state index contributed by atoms with van der Waals surface area (Å²) in [6.07, 6.45) is -0.240. The van der Waals surface area contributed by atoms with Gasteiger partial charge in [-0.05, 0) is 35.2 Å². The van der Waals surface area contributed by atoms with Crippen molar-refractivity contribution < 1.29 is 19.5 Å². The molecule has 2 N–H and O–H groups in total. The summed E-state index contributed by atoms with van der Waals surface area (Å²) in [4.78, 5) is 34.2. The Labute approximate surface area is 163 Å². The van der Waals surface area contributed by atoms with E-state index < -0.39 is 23.8 Å². The van der Waals surface area contributed by atoms with Gasteiger partial charge >= 0.3 is 0 Å². The quantitative estimate of drug-likeness (QED) is 0.512. The molecule has 0 heterocycles. The smallest absolute Gasteiger partial charge is 0.287 e. The van der Waals surface area contributed by atoms with E-state index >= 15 is 0 Å². The molecular weight excluding hydrogens is 366 g/mol. The van der Waals surface area contributed by atoms with E-state index in [1.165, 1.54) is 0 Å². The molecule has 0 saturated carbocycles. The number of carbonyl (C=O) groups is 3. The van der Waals surface area contributed by atoms with Crippen LogP contribution in [0.4, 0.5) is 0 Å². The molecule has 0 aliphatic heterocycles. The molecule has 2 aromatic carbocycles. The monoisotopic (exact) mass is 387 g/mol. The molecule has 2 aromatic rings. The lowest BCUT2D eigenvalue weighted by Crippen LogP contribution is -2.42. The lowest BCUT2D eigenvalue weighted by atomic mass is 9.98. The molecular formula is C21H22ClNO4. The second-order valence-corrected chi connectivity index (χ2v) is 6.73. The molecule has 0 bridgehead atoms. The van der Waals surface area contributed by atoms with Crippen molar-refractivity contribution in [2.75, 3.05) is 0 Å². The van der Waals surface area contributed by atoms with Gasteiger partial charge < -0.3 is 15.2 Å². The fourth-order valence-electron chi connectivity index (χ4n) is 2.75. The van der Waals surface area contributed by atoms with Crippen molar-refractivity contribution in [3.05, 3.63) is 59.1 Å². The number of hydrogen-bond acceptors (Lipinski definition) is 4. The average molecular weight is 388 g/mol. The molecule has 5 nitrogen and oxygen atoms in total. The van der Waals surface area contributed by atoms with Gasteiger partial charge in [-0.1, -0.05) is 54.9 Å². The van der Waals surface area contributed by atoms with E-state index in [-0.39, 0.29) is 12.8 Å². The van der Waals surface area contributed by atoms with Crippen molar-refractivity contribution in [3.63, 3.8) is 0 Å². The fourth-order valence-corrected chi connectivity index (χ4v) is 2.94. The van der Waals surface area contributed by atoms with Crippen LogP contribution < -0.4 is 5.32 Å². The maximum Gasteiger partial charge on any atom is 0.287 e. The van der Waals surface area contributed by atoms with Crippen LogP contribution in [0.5, 0.6) is 0 Å². The van der Waals surface area contributed by atoms with Gasteiger partial charge in [0.05, 0.1) is 0 Å². The second-order valence-electron chi connectivity index (χ2n) is 6.30. The third-order valence-corrected chi connectivity index (χ3v) is 4.42. The number of aliphatic hydroxyl groups excluding tert-OH is 1. The van der Waals surface area contributed by atoms with Gasteiger partial charge in [0.15, 0.2) is 0 Å². The van der Waals surface area contributed by atoms with Crippen LogP contribution in [0.3, 0.4) is 0 Å². The minimum Gasteiger partial charge on any atom is -0.386 e. The van der Waals surface area contributed by atoms with Crippen molar-refractivity contribution in [1.29, 1.82) is 0 Å². The number of hydrogen-bond donors (Lipinski definition) is 2. The Morgan fingerprint density at radius 3 is 2.44 bits per heavy atom. The van der Waals surface area contributed by atoms with Crippen LogP contribution in [0.15, 0.2) is 48.5 Å². The van der Waals surface area contributed by atoms with E-state index in [0.717, 1.165) is 16.7 Å². The molecule has 0 fully saturated rings. The molecule has 1 amide bonds. The van der Waals surface area contributed by atoms with Crippen molar-refractivity contribution in [1.82, 2.24) is 5.32 Å². The lowest BCUT2D eigenvalue weighted by Gasteiger charge is -2.19. The number of aliphatic hydroxyl groups is 1. The highest BCUT2D eigenvalue weighted by molar-refractivity contribution is 6.36. The van der Waals surface area contributed by atoms with Crippen molar-refractivity contribution in [2.24, 2.45) is 0 Å². The topological polar surface area (TPSA) is 83.5 Å². The second kappa shape index (κ2) is 10.00.